The fraction of sp³-hybridized carbons (Fsp3) is 0.312. The predicted octanol–water partition coefficient (Wildman–Crippen LogP) is 3.13. The van der Waals surface area contributed by atoms with Crippen LogP contribution in [-0.4, -0.2) is 39.1 Å². The van der Waals surface area contributed by atoms with Crippen molar-refractivity contribution in [1.82, 2.24) is 9.97 Å². The molecular weight excluding hydrogens is 364 g/mol. The molecule has 9 nitrogen and oxygen atoms in total. The van der Waals surface area contributed by atoms with Crippen molar-refractivity contribution in [2.75, 3.05) is 18.0 Å². The third kappa shape index (κ3) is 3.83. The van der Waals surface area contributed by atoms with E-state index in [1.54, 1.807) is 29.2 Å². The molecule has 0 atom stereocenters. The molecule has 3 rings (SSSR count). The number of carboxylic acids is 1. The van der Waals surface area contributed by atoms with E-state index in [1.807, 2.05) is 0 Å². The molecule has 2 aromatic rings. The molecule has 1 aromatic carbocycles. The summed E-state index contributed by atoms with van der Waals surface area (Å²) in [4.78, 5) is 31.7. The average Bonchev–Trinajstić information content (AvgIpc) is 2.63. The van der Waals surface area contributed by atoms with Gasteiger partial charge in [0.05, 0.1) is 10.8 Å². The van der Waals surface area contributed by atoms with Gasteiger partial charge in [0.1, 0.15) is 12.1 Å². The predicted molar refractivity (Wildman–Crippen MR) is 92.8 cm³/mol. The molecular formula is C16H15ClN4O5. The lowest BCUT2D eigenvalue weighted by atomic mass is 9.97. The summed E-state index contributed by atoms with van der Waals surface area (Å²) in [6.45, 7) is 0.713. The number of carboxylic acid groups (broad SMARTS) is 1. The number of anilines is 1. The van der Waals surface area contributed by atoms with Crippen molar-refractivity contribution in [3.63, 3.8) is 0 Å². The van der Waals surface area contributed by atoms with Gasteiger partial charge in [-0.25, -0.2) is 4.98 Å². The van der Waals surface area contributed by atoms with Crippen LogP contribution < -0.4 is 9.64 Å². The Labute approximate surface area is 153 Å². The van der Waals surface area contributed by atoms with E-state index < -0.39 is 16.8 Å². The standard InChI is InChI=1S/C16H15ClN4O5/c17-11-1-3-12(4-2-11)26-15-13(21(24)25)14(18-9-19-15)20-7-5-10(6-8-20)16(22)23/h1-4,9-10H,5-8H2,(H,22,23). The summed E-state index contributed by atoms with van der Waals surface area (Å²) < 4.78 is 5.54. The van der Waals surface area contributed by atoms with Gasteiger partial charge in [-0.2, -0.15) is 4.98 Å². The number of nitrogens with zero attached hydrogens (tertiary/aromatic N) is 4. The molecule has 1 aliphatic heterocycles. The first-order valence-corrected chi connectivity index (χ1v) is 8.24. The molecule has 0 spiro atoms. The van der Waals surface area contributed by atoms with E-state index in [1.165, 1.54) is 6.33 Å². The van der Waals surface area contributed by atoms with Crippen LogP contribution in [0.2, 0.25) is 5.02 Å². The minimum absolute atomic E-state index is 0.123. The number of aromatic nitrogens is 2. The summed E-state index contributed by atoms with van der Waals surface area (Å²) in [6.07, 6.45) is 1.98. The Balaban J connectivity index is 1.88. The van der Waals surface area contributed by atoms with Gasteiger partial charge in [0.15, 0.2) is 0 Å². The van der Waals surface area contributed by atoms with E-state index in [9.17, 15) is 14.9 Å². The van der Waals surface area contributed by atoms with E-state index in [0.29, 0.717) is 36.7 Å². The summed E-state index contributed by atoms with van der Waals surface area (Å²) in [5.74, 6) is -1.00. The summed E-state index contributed by atoms with van der Waals surface area (Å²) in [5.41, 5.74) is -0.351. The van der Waals surface area contributed by atoms with Crippen LogP contribution >= 0.6 is 11.6 Å². The molecule has 1 saturated heterocycles. The zero-order chi connectivity index (χ0) is 18.7. The van der Waals surface area contributed by atoms with Crippen molar-refractivity contribution >= 4 is 29.1 Å². The van der Waals surface area contributed by atoms with E-state index >= 15 is 0 Å². The lowest BCUT2D eigenvalue weighted by Gasteiger charge is -2.30. The average molecular weight is 379 g/mol. The number of benzene rings is 1. The van der Waals surface area contributed by atoms with Gasteiger partial charge in [-0.05, 0) is 37.1 Å². The topological polar surface area (TPSA) is 119 Å². The zero-order valence-electron chi connectivity index (χ0n) is 13.5. The number of carbonyl (C=O) groups is 1. The van der Waals surface area contributed by atoms with Gasteiger partial charge in [-0.3, -0.25) is 14.9 Å². The number of halogens is 1. The molecule has 10 heteroatoms. The van der Waals surface area contributed by atoms with Gasteiger partial charge < -0.3 is 14.7 Å². The highest BCUT2D eigenvalue weighted by Crippen LogP contribution is 2.37. The Morgan fingerprint density at radius 2 is 1.92 bits per heavy atom. The maximum Gasteiger partial charge on any atom is 0.373 e. The van der Waals surface area contributed by atoms with Crippen molar-refractivity contribution < 1.29 is 19.6 Å². The molecule has 1 aromatic heterocycles. The monoisotopic (exact) mass is 378 g/mol. The van der Waals surface area contributed by atoms with Crippen LogP contribution in [0.5, 0.6) is 11.6 Å². The van der Waals surface area contributed by atoms with Crippen molar-refractivity contribution in [2.24, 2.45) is 5.92 Å². The molecule has 1 aliphatic rings. The van der Waals surface area contributed by atoms with Crippen LogP contribution in [0.1, 0.15) is 12.8 Å². The first-order valence-electron chi connectivity index (χ1n) is 7.86. The normalized spacial score (nSPS) is 14.9. The third-order valence-electron chi connectivity index (χ3n) is 4.12. The maximum absolute atomic E-state index is 11.6. The molecule has 1 N–H and O–H groups in total. The fourth-order valence-corrected chi connectivity index (χ4v) is 2.90. The Hall–Kier alpha value is -2.94. The molecule has 0 aliphatic carbocycles. The Bertz CT molecular complexity index is 822. The van der Waals surface area contributed by atoms with Crippen molar-refractivity contribution in [1.29, 1.82) is 0 Å². The smallest absolute Gasteiger partial charge is 0.373 e. The minimum atomic E-state index is -0.853. The highest BCUT2D eigenvalue weighted by molar-refractivity contribution is 6.30. The minimum Gasteiger partial charge on any atom is -0.481 e. The first kappa shape index (κ1) is 17.9. The molecule has 0 saturated carbocycles. The molecule has 26 heavy (non-hydrogen) atoms. The largest absolute Gasteiger partial charge is 0.481 e. The quantitative estimate of drug-likeness (QED) is 0.622. The molecule has 136 valence electrons. The van der Waals surface area contributed by atoms with Gasteiger partial charge >= 0.3 is 17.5 Å². The van der Waals surface area contributed by atoms with Crippen LogP contribution in [0.3, 0.4) is 0 Å². The Kier molecular flexibility index (Phi) is 5.17. The zero-order valence-corrected chi connectivity index (χ0v) is 14.3. The number of rotatable bonds is 5. The molecule has 0 bridgehead atoms. The Morgan fingerprint density at radius 1 is 1.27 bits per heavy atom. The SMILES string of the molecule is O=C(O)C1CCN(c2ncnc(Oc3ccc(Cl)cc3)c2[N+](=O)[O-])CC1. The maximum atomic E-state index is 11.6. The van der Waals surface area contributed by atoms with Crippen LogP contribution in [-0.2, 0) is 4.79 Å². The molecule has 0 radical (unpaired) electrons. The van der Waals surface area contributed by atoms with Gasteiger partial charge in [-0.15, -0.1) is 0 Å². The van der Waals surface area contributed by atoms with Gasteiger partial charge in [0, 0.05) is 18.1 Å². The van der Waals surface area contributed by atoms with Crippen LogP contribution in [0.25, 0.3) is 0 Å². The number of hydrogen-bond acceptors (Lipinski definition) is 7. The lowest BCUT2D eigenvalue weighted by molar-refractivity contribution is -0.385. The summed E-state index contributed by atoms with van der Waals surface area (Å²) in [7, 11) is 0. The number of piperidine rings is 1. The number of aliphatic carboxylic acids is 1. The van der Waals surface area contributed by atoms with E-state index in [-0.39, 0.29) is 17.4 Å². The number of hydrogen-bond donors (Lipinski definition) is 1. The highest BCUT2D eigenvalue weighted by Gasteiger charge is 2.32. The number of nitro groups is 1. The molecule has 1 fully saturated rings. The van der Waals surface area contributed by atoms with Gasteiger partial charge in [0.2, 0.25) is 5.82 Å². The van der Waals surface area contributed by atoms with Crippen molar-refractivity contribution in [2.45, 2.75) is 12.8 Å². The van der Waals surface area contributed by atoms with Crippen molar-refractivity contribution in [3.05, 3.63) is 45.7 Å². The van der Waals surface area contributed by atoms with Crippen LogP contribution in [0.15, 0.2) is 30.6 Å². The molecule has 2 heterocycles. The second-order valence-corrected chi connectivity index (χ2v) is 6.20. The van der Waals surface area contributed by atoms with Crippen LogP contribution in [0.4, 0.5) is 11.5 Å². The fourth-order valence-electron chi connectivity index (χ4n) is 2.77. The first-order chi connectivity index (χ1) is 12.5. The summed E-state index contributed by atoms with van der Waals surface area (Å²) in [5, 5.41) is 21.2. The second-order valence-electron chi connectivity index (χ2n) is 5.76. The Morgan fingerprint density at radius 3 is 2.50 bits per heavy atom. The summed E-state index contributed by atoms with van der Waals surface area (Å²) >= 11 is 5.82. The number of ether oxygens (including phenoxy) is 1. The van der Waals surface area contributed by atoms with Crippen LogP contribution in [0, 0.1) is 16.0 Å². The van der Waals surface area contributed by atoms with E-state index in [4.69, 9.17) is 21.4 Å². The van der Waals surface area contributed by atoms with Gasteiger partial charge in [0.25, 0.3) is 0 Å². The second kappa shape index (κ2) is 7.52. The summed E-state index contributed by atoms with van der Waals surface area (Å²) in [6, 6.07) is 6.35. The van der Waals surface area contributed by atoms with Crippen molar-refractivity contribution in [3.8, 4) is 11.6 Å². The third-order valence-corrected chi connectivity index (χ3v) is 4.38. The highest BCUT2D eigenvalue weighted by atomic mass is 35.5. The molecule has 0 amide bonds. The van der Waals surface area contributed by atoms with E-state index in [2.05, 4.69) is 9.97 Å². The van der Waals surface area contributed by atoms with E-state index in [0.717, 1.165) is 0 Å². The molecule has 0 unspecified atom stereocenters. The lowest BCUT2D eigenvalue weighted by Crippen LogP contribution is -2.37. The van der Waals surface area contributed by atoms with Gasteiger partial charge in [-0.1, -0.05) is 11.6 Å².